The van der Waals surface area contributed by atoms with Gasteiger partial charge in [-0.2, -0.15) is 4.31 Å². The van der Waals surface area contributed by atoms with E-state index in [0.29, 0.717) is 19.5 Å². The molecular formula is C20H25FN2O3S. The molecule has 0 radical (unpaired) electrons. The lowest BCUT2D eigenvalue weighted by atomic mass is 10.1. The highest BCUT2D eigenvalue weighted by Crippen LogP contribution is 2.17. The van der Waals surface area contributed by atoms with Gasteiger partial charge in [0.2, 0.25) is 10.0 Å². The van der Waals surface area contributed by atoms with E-state index in [0.717, 1.165) is 5.56 Å². The number of hydrogen-bond donors (Lipinski definition) is 1. The average Bonchev–Trinajstić information content (AvgIpc) is 2.64. The maximum absolute atomic E-state index is 13.0. The van der Waals surface area contributed by atoms with Crippen molar-refractivity contribution < 1.29 is 17.6 Å². The second kappa shape index (κ2) is 9.10. The third-order valence-electron chi connectivity index (χ3n) is 4.27. The van der Waals surface area contributed by atoms with Crippen molar-refractivity contribution in [2.45, 2.75) is 38.1 Å². The third-order valence-corrected chi connectivity index (χ3v) is 6.32. The van der Waals surface area contributed by atoms with Crippen LogP contribution in [0, 0.1) is 5.82 Å². The van der Waals surface area contributed by atoms with Crippen LogP contribution in [0.4, 0.5) is 4.39 Å². The maximum Gasteiger partial charge on any atom is 0.251 e. The predicted molar refractivity (Wildman–Crippen MR) is 104 cm³/mol. The molecule has 0 spiro atoms. The molecule has 146 valence electrons. The molecule has 0 saturated carbocycles. The molecule has 0 aliphatic carbocycles. The van der Waals surface area contributed by atoms with Crippen molar-refractivity contribution in [3.63, 3.8) is 0 Å². The molecule has 0 aliphatic heterocycles. The molecular weight excluding hydrogens is 367 g/mol. The van der Waals surface area contributed by atoms with E-state index in [9.17, 15) is 17.6 Å². The topological polar surface area (TPSA) is 66.5 Å². The van der Waals surface area contributed by atoms with Crippen LogP contribution in [0.5, 0.6) is 0 Å². The number of amides is 1. The van der Waals surface area contributed by atoms with Gasteiger partial charge in [-0.15, -0.1) is 0 Å². The van der Waals surface area contributed by atoms with Crippen molar-refractivity contribution in [2.24, 2.45) is 0 Å². The number of nitrogens with one attached hydrogen (secondary N) is 1. The minimum absolute atomic E-state index is 0.102. The largest absolute Gasteiger partial charge is 0.349 e. The van der Waals surface area contributed by atoms with Crippen molar-refractivity contribution in [2.75, 3.05) is 13.1 Å². The first kappa shape index (κ1) is 21.1. The molecule has 7 heteroatoms. The molecule has 1 amide bonds. The first-order valence-corrected chi connectivity index (χ1v) is 10.4. The van der Waals surface area contributed by atoms with Crippen LogP contribution in [0.3, 0.4) is 0 Å². The van der Waals surface area contributed by atoms with Gasteiger partial charge in [0.25, 0.3) is 5.91 Å². The molecule has 0 aromatic heterocycles. The first-order chi connectivity index (χ1) is 12.8. The summed E-state index contributed by atoms with van der Waals surface area (Å²) in [4.78, 5) is 12.6. The van der Waals surface area contributed by atoms with Gasteiger partial charge in [-0.3, -0.25) is 4.79 Å². The highest BCUT2D eigenvalue weighted by atomic mass is 32.2. The summed E-state index contributed by atoms with van der Waals surface area (Å²) in [5.41, 5.74) is 1.19. The van der Waals surface area contributed by atoms with E-state index in [1.165, 1.54) is 28.6 Å². The SMILES string of the molecule is CCN(CC)S(=O)(=O)c1cccc(C(=O)NC(C)Cc2ccc(F)cc2)c1. The van der Waals surface area contributed by atoms with Gasteiger partial charge >= 0.3 is 0 Å². The number of halogens is 1. The zero-order chi connectivity index (χ0) is 20.0. The van der Waals surface area contributed by atoms with Crippen LogP contribution in [0.25, 0.3) is 0 Å². The van der Waals surface area contributed by atoms with Crippen molar-refractivity contribution in [3.05, 3.63) is 65.5 Å². The Hall–Kier alpha value is -2.25. The Morgan fingerprint density at radius 1 is 1.11 bits per heavy atom. The summed E-state index contributed by atoms with van der Waals surface area (Å²) in [6.07, 6.45) is 0.545. The molecule has 0 fully saturated rings. The van der Waals surface area contributed by atoms with Gasteiger partial charge in [-0.25, -0.2) is 12.8 Å². The van der Waals surface area contributed by atoms with Gasteiger partial charge in [0.1, 0.15) is 5.82 Å². The van der Waals surface area contributed by atoms with Crippen molar-refractivity contribution in [1.29, 1.82) is 0 Å². The van der Waals surface area contributed by atoms with Crippen LogP contribution in [0.1, 0.15) is 36.7 Å². The molecule has 1 atom stereocenters. The van der Waals surface area contributed by atoms with Crippen LogP contribution in [0.2, 0.25) is 0 Å². The molecule has 1 unspecified atom stereocenters. The second-order valence-corrected chi connectivity index (χ2v) is 8.26. The van der Waals surface area contributed by atoms with E-state index >= 15 is 0 Å². The number of carbonyl (C=O) groups excluding carboxylic acids is 1. The predicted octanol–water partition coefficient (Wildman–Crippen LogP) is 3.22. The number of benzene rings is 2. The quantitative estimate of drug-likeness (QED) is 0.750. The van der Waals surface area contributed by atoms with Crippen LogP contribution in [0.15, 0.2) is 53.4 Å². The minimum atomic E-state index is -3.62. The van der Waals surface area contributed by atoms with E-state index in [-0.39, 0.29) is 28.2 Å². The zero-order valence-corrected chi connectivity index (χ0v) is 16.6. The van der Waals surface area contributed by atoms with Gasteiger partial charge in [-0.1, -0.05) is 32.0 Å². The van der Waals surface area contributed by atoms with E-state index in [4.69, 9.17) is 0 Å². The normalized spacial score (nSPS) is 12.8. The fraction of sp³-hybridized carbons (Fsp3) is 0.350. The molecule has 2 aromatic carbocycles. The summed E-state index contributed by atoms with van der Waals surface area (Å²) >= 11 is 0. The summed E-state index contributed by atoms with van der Waals surface area (Å²) in [7, 11) is -3.62. The second-order valence-electron chi connectivity index (χ2n) is 6.32. The standard InChI is InChI=1S/C20H25FN2O3S/c1-4-23(5-2)27(25,26)19-8-6-7-17(14-19)20(24)22-15(3)13-16-9-11-18(21)12-10-16/h6-12,14-15H,4-5,13H2,1-3H3,(H,22,24). The van der Waals surface area contributed by atoms with E-state index in [1.807, 2.05) is 6.92 Å². The summed E-state index contributed by atoms with van der Waals surface area (Å²) in [5, 5.41) is 2.85. The smallest absolute Gasteiger partial charge is 0.251 e. The van der Waals surface area contributed by atoms with Crippen molar-refractivity contribution >= 4 is 15.9 Å². The maximum atomic E-state index is 13.0. The number of sulfonamides is 1. The molecule has 0 bridgehead atoms. The van der Waals surface area contributed by atoms with Gasteiger partial charge in [0.15, 0.2) is 0 Å². The Morgan fingerprint density at radius 3 is 2.33 bits per heavy atom. The average molecular weight is 392 g/mol. The number of hydrogen-bond acceptors (Lipinski definition) is 3. The fourth-order valence-electron chi connectivity index (χ4n) is 2.84. The van der Waals surface area contributed by atoms with Crippen molar-refractivity contribution in [3.8, 4) is 0 Å². The molecule has 0 heterocycles. The Balaban J connectivity index is 2.11. The van der Waals surface area contributed by atoms with E-state index in [1.54, 1.807) is 38.1 Å². The van der Waals surface area contributed by atoms with Crippen LogP contribution in [-0.4, -0.2) is 37.8 Å². The van der Waals surface area contributed by atoms with Gasteiger partial charge in [-0.05, 0) is 49.2 Å². The fourth-order valence-corrected chi connectivity index (χ4v) is 4.35. The van der Waals surface area contributed by atoms with Crippen LogP contribution < -0.4 is 5.32 Å². The molecule has 0 aliphatic rings. The van der Waals surface area contributed by atoms with Crippen LogP contribution in [-0.2, 0) is 16.4 Å². The van der Waals surface area contributed by atoms with E-state index in [2.05, 4.69) is 5.32 Å². The Kier molecular flexibility index (Phi) is 7.10. The molecule has 5 nitrogen and oxygen atoms in total. The van der Waals surface area contributed by atoms with Crippen molar-refractivity contribution in [1.82, 2.24) is 9.62 Å². The summed E-state index contributed by atoms with van der Waals surface area (Å²) in [6.45, 7) is 6.12. The minimum Gasteiger partial charge on any atom is -0.349 e. The monoisotopic (exact) mass is 392 g/mol. The van der Waals surface area contributed by atoms with E-state index < -0.39 is 10.0 Å². The molecule has 27 heavy (non-hydrogen) atoms. The molecule has 0 saturated heterocycles. The summed E-state index contributed by atoms with van der Waals surface area (Å²) in [6, 6.07) is 12.0. The Bertz CT molecular complexity index is 878. The van der Waals surface area contributed by atoms with Gasteiger partial charge in [0, 0.05) is 24.7 Å². The number of rotatable bonds is 8. The molecule has 2 aromatic rings. The molecule has 1 N–H and O–H groups in total. The summed E-state index contributed by atoms with van der Waals surface area (Å²) < 4.78 is 39.6. The lowest BCUT2D eigenvalue weighted by Crippen LogP contribution is -2.34. The Labute approximate surface area is 160 Å². The van der Waals surface area contributed by atoms with Gasteiger partial charge in [0.05, 0.1) is 4.90 Å². The lowest BCUT2D eigenvalue weighted by Gasteiger charge is -2.19. The summed E-state index contributed by atoms with van der Waals surface area (Å²) in [5.74, 6) is -0.650. The van der Waals surface area contributed by atoms with Gasteiger partial charge < -0.3 is 5.32 Å². The first-order valence-electron chi connectivity index (χ1n) is 8.93. The molecule has 2 rings (SSSR count). The third kappa shape index (κ3) is 5.37. The number of nitrogens with zero attached hydrogens (tertiary/aromatic N) is 1. The highest BCUT2D eigenvalue weighted by molar-refractivity contribution is 7.89. The zero-order valence-electron chi connectivity index (χ0n) is 15.8. The lowest BCUT2D eigenvalue weighted by molar-refractivity contribution is 0.0940. The Morgan fingerprint density at radius 2 is 1.74 bits per heavy atom. The highest BCUT2D eigenvalue weighted by Gasteiger charge is 2.22. The number of carbonyl (C=O) groups is 1. The van der Waals surface area contributed by atoms with Crippen LogP contribution >= 0.6 is 0 Å².